The zero-order valence-corrected chi connectivity index (χ0v) is 10.5. The maximum Gasteiger partial charge on any atom is 0.314 e. The first-order valence-corrected chi connectivity index (χ1v) is 6.48. The molecule has 2 nitrogen and oxygen atoms in total. The molecule has 1 fully saturated rings. The van der Waals surface area contributed by atoms with Crippen molar-refractivity contribution < 1.29 is 9.90 Å². The molecule has 0 unspecified atom stereocenters. The molecule has 1 saturated carbocycles. The van der Waals surface area contributed by atoms with Gasteiger partial charge in [0.25, 0.3) is 0 Å². The minimum atomic E-state index is -0.653. The molecular weight excluding hydrogens is 268 g/mol. The van der Waals surface area contributed by atoms with Gasteiger partial charge in [-0.15, -0.1) is 0 Å². The molecule has 0 heterocycles. The molecule has 2 aliphatic carbocycles. The standard InChI is InChI=1S/C13H13BrO2/c14-9-6-8-2-1-3-10(8)11(7-9)13(4-5-13)12(15)16/h6-7H,1-5H2,(H,15,16). The summed E-state index contributed by atoms with van der Waals surface area (Å²) in [5, 5.41) is 9.36. The van der Waals surface area contributed by atoms with Crippen LogP contribution in [-0.4, -0.2) is 11.1 Å². The zero-order chi connectivity index (χ0) is 11.3. The lowest BCUT2D eigenvalue weighted by atomic mass is 9.89. The quantitative estimate of drug-likeness (QED) is 0.904. The summed E-state index contributed by atoms with van der Waals surface area (Å²) in [6.45, 7) is 0. The third kappa shape index (κ3) is 1.34. The van der Waals surface area contributed by atoms with Crippen LogP contribution in [0.2, 0.25) is 0 Å². The number of aryl methyl sites for hydroxylation is 1. The predicted molar refractivity (Wildman–Crippen MR) is 64.7 cm³/mol. The normalized spacial score (nSPS) is 20.6. The average Bonchev–Trinajstić information content (AvgIpc) is 2.91. The van der Waals surface area contributed by atoms with Crippen LogP contribution in [0.4, 0.5) is 0 Å². The van der Waals surface area contributed by atoms with Gasteiger partial charge >= 0.3 is 5.97 Å². The number of fused-ring (bicyclic) bond motifs is 1. The average molecular weight is 281 g/mol. The van der Waals surface area contributed by atoms with Crippen LogP contribution in [0.15, 0.2) is 16.6 Å². The first-order valence-electron chi connectivity index (χ1n) is 5.69. The molecule has 0 radical (unpaired) electrons. The van der Waals surface area contributed by atoms with Crippen LogP contribution >= 0.6 is 15.9 Å². The first-order chi connectivity index (χ1) is 7.63. The number of rotatable bonds is 2. The van der Waals surface area contributed by atoms with E-state index in [0.29, 0.717) is 0 Å². The highest BCUT2D eigenvalue weighted by atomic mass is 79.9. The Kier molecular flexibility index (Phi) is 2.15. The number of carboxylic acids is 1. The molecule has 2 aliphatic rings. The van der Waals surface area contributed by atoms with Crippen LogP contribution in [0, 0.1) is 0 Å². The number of aliphatic carboxylic acids is 1. The predicted octanol–water partition coefficient (Wildman–Crippen LogP) is 3.05. The van der Waals surface area contributed by atoms with Gasteiger partial charge in [-0.05, 0) is 60.9 Å². The Labute approximate surface area is 103 Å². The van der Waals surface area contributed by atoms with Crippen molar-refractivity contribution in [2.24, 2.45) is 0 Å². The molecule has 16 heavy (non-hydrogen) atoms. The van der Waals surface area contributed by atoms with Crippen molar-refractivity contribution in [2.45, 2.75) is 37.5 Å². The molecular formula is C13H13BrO2. The van der Waals surface area contributed by atoms with Crippen molar-refractivity contribution in [2.75, 3.05) is 0 Å². The molecule has 0 aliphatic heterocycles. The molecule has 1 aromatic carbocycles. The summed E-state index contributed by atoms with van der Waals surface area (Å²) in [5.41, 5.74) is 3.17. The van der Waals surface area contributed by atoms with Gasteiger partial charge in [-0.1, -0.05) is 15.9 Å². The van der Waals surface area contributed by atoms with Gasteiger partial charge in [-0.25, -0.2) is 0 Å². The second-order valence-corrected chi connectivity index (χ2v) is 5.75. The van der Waals surface area contributed by atoms with Gasteiger partial charge in [0, 0.05) is 4.47 Å². The maximum atomic E-state index is 11.4. The molecule has 3 rings (SSSR count). The lowest BCUT2D eigenvalue weighted by Gasteiger charge is -2.16. The maximum absolute atomic E-state index is 11.4. The number of hydrogen-bond donors (Lipinski definition) is 1. The van der Waals surface area contributed by atoms with Gasteiger partial charge in [0.1, 0.15) is 0 Å². The van der Waals surface area contributed by atoms with Crippen molar-refractivity contribution in [1.82, 2.24) is 0 Å². The van der Waals surface area contributed by atoms with Crippen molar-refractivity contribution in [1.29, 1.82) is 0 Å². The highest BCUT2D eigenvalue weighted by molar-refractivity contribution is 9.10. The van der Waals surface area contributed by atoms with Crippen LogP contribution in [0.25, 0.3) is 0 Å². The molecule has 0 amide bonds. The Bertz CT molecular complexity index is 475. The molecule has 0 bridgehead atoms. The SMILES string of the molecule is O=C(O)C1(c2cc(Br)cc3c2CCC3)CC1. The van der Waals surface area contributed by atoms with Gasteiger partial charge < -0.3 is 5.11 Å². The van der Waals surface area contributed by atoms with E-state index in [1.54, 1.807) is 0 Å². The summed E-state index contributed by atoms with van der Waals surface area (Å²) >= 11 is 3.49. The Morgan fingerprint density at radius 2 is 2.06 bits per heavy atom. The van der Waals surface area contributed by atoms with E-state index in [2.05, 4.69) is 22.0 Å². The lowest BCUT2D eigenvalue weighted by molar-refractivity contribution is -0.140. The summed E-state index contributed by atoms with van der Waals surface area (Å²) in [6.07, 6.45) is 4.90. The minimum Gasteiger partial charge on any atom is -0.481 e. The monoisotopic (exact) mass is 280 g/mol. The van der Waals surface area contributed by atoms with Gasteiger partial charge in [0.05, 0.1) is 5.41 Å². The Morgan fingerprint density at radius 1 is 1.31 bits per heavy atom. The molecule has 3 heteroatoms. The summed E-state index contributed by atoms with van der Waals surface area (Å²) in [5.74, 6) is -0.653. The van der Waals surface area contributed by atoms with Crippen molar-refractivity contribution >= 4 is 21.9 Å². The van der Waals surface area contributed by atoms with Crippen LogP contribution in [-0.2, 0) is 23.1 Å². The molecule has 0 aromatic heterocycles. The number of hydrogen-bond acceptors (Lipinski definition) is 1. The van der Waals surface area contributed by atoms with E-state index >= 15 is 0 Å². The molecule has 0 spiro atoms. The van der Waals surface area contributed by atoms with Crippen molar-refractivity contribution in [3.63, 3.8) is 0 Å². The van der Waals surface area contributed by atoms with E-state index in [1.165, 1.54) is 11.1 Å². The largest absolute Gasteiger partial charge is 0.481 e. The summed E-state index contributed by atoms with van der Waals surface area (Å²) in [6, 6.07) is 4.16. The number of halogens is 1. The number of carboxylic acid groups (broad SMARTS) is 1. The van der Waals surface area contributed by atoms with Crippen molar-refractivity contribution in [3.05, 3.63) is 33.3 Å². The lowest BCUT2D eigenvalue weighted by Crippen LogP contribution is -2.21. The molecule has 0 atom stereocenters. The van der Waals surface area contributed by atoms with Gasteiger partial charge in [0.2, 0.25) is 0 Å². The van der Waals surface area contributed by atoms with E-state index in [4.69, 9.17) is 0 Å². The molecule has 1 N–H and O–H groups in total. The fourth-order valence-corrected chi connectivity index (χ4v) is 3.32. The van der Waals surface area contributed by atoms with E-state index in [0.717, 1.165) is 42.1 Å². The number of benzene rings is 1. The van der Waals surface area contributed by atoms with E-state index in [9.17, 15) is 9.90 Å². The second-order valence-electron chi connectivity index (χ2n) is 4.83. The summed E-state index contributed by atoms with van der Waals surface area (Å²) < 4.78 is 1.02. The summed E-state index contributed by atoms with van der Waals surface area (Å²) in [4.78, 5) is 11.4. The Balaban J connectivity index is 2.18. The second kappa shape index (κ2) is 3.33. The topological polar surface area (TPSA) is 37.3 Å². The van der Waals surface area contributed by atoms with E-state index in [-0.39, 0.29) is 0 Å². The van der Waals surface area contributed by atoms with Crippen LogP contribution in [0.1, 0.15) is 36.0 Å². The zero-order valence-electron chi connectivity index (χ0n) is 8.92. The molecule has 84 valence electrons. The fourth-order valence-electron chi connectivity index (χ4n) is 2.82. The molecule has 0 saturated heterocycles. The van der Waals surface area contributed by atoms with E-state index < -0.39 is 11.4 Å². The molecule has 1 aromatic rings. The highest BCUT2D eigenvalue weighted by Crippen LogP contribution is 2.51. The fraction of sp³-hybridized carbons (Fsp3) is 0.462. The van der Waals surface area contributed by atoms with Crippen LogP contribution < -0.4 is 0 Å². The highest BCUT2D eigenvalue weighted by Gasteiger charge is 2.53. The van der Waals surface area contributed by atoms with Gasteiger partial charge in [-0.2, -0.15) is 0 Å². The van der Waals surface area contributed by atoms with Gasteiger partial charge in [0.15, 0.2) is 0 Å². The minimum absolute atomic E-state index is 0.557. The third-order valence-electron chi connectivity index (χ3n) is 3.85. The summed E-state index contributed by atoms with van der Waals surface area (Å²) in [7, 11) is 0. The van der Waals surface area contributed by atoms with Crippen LogP contribution in [0.5, 0.6) is 0 Å². The van der Waals surface area contributed by atoms with Gasteiger partial charge in [-0.3, -0.25) is 4.79 Å². The van der Waals surface area contributed by atoms with E-state index in [1.807, 2.05) is 6.07 Å². The van der Waals surface area contributed by atoms with Crippen molar-refractivity contribution in [3.8, 4) is 0 Å². The smallest absolute Gasteiger partial charge is 0.314 e. The third-order valence-corrected chi connectivity index (χ3v) is 4.31. The van der Waals surface area contributed by atoms with Crippen LogP contribution in [0.3, 0.4) is 0 Å². The number of carbonyl (C=O) groups is 1. The Hall–Kier alpha value is -0.830. The Morgan fingerprint density at radius 3 is 2.69 bits per heavy atom. The first kappa shape index (κ1) is 10.3.